The van der Waals surface area contributed by atoms with Gasteiger partial charge >= 0.3 is 12.1 Å². The lowest BCUT2D eigenvalue weighted by atomic mass is 10.1. The van der Waals surface area contributed by atoms with Gasteiger partial charge < -0.3 is 19.9 Å². The summed E-state index contributed by atoms with van der Waals surface area (Å²) in [4.78, 5) is 24.2. The number of hydrogen-bond donors (Lipinski definition) is 2. The van der Waals surface area contributed by atoms with E-state index in [2.05, 4.69) is 20.3 Å². The number of carbonyl (C=O) groups excluding carboxylic acids is 1. The molecular formula is C23H25F3N4O4S. The van der Waals surface area contributed by atoms with Crippen LogP contribution < -0.4 is 5.32 Å². The molecule has 0 aliphatic heterocycles. The van der Waals surface area contributed by atoms with Crippen LogP contribution >= 0.6 is 11.3 Å². The zero-order chi connectivity index (χ0) is 26.0. The quantitative estimate of drug-likeness (QED) is 0.415. The second-order valence-corrected chi connectivity index (χ2v) is 9.60. The summed E-state index contributed by atoms with van der Waals surface area (Å²) in [5, 5.41) is 14.1. The van der Waals surface area contributed by atoms with Crippen molar-refractivity contribution >= 4 is 28.9 Å². The van der Waals surface area contributed by atoms with Crippen molar-refractivity contribution < 1.29 is 32.5 Å². The topological polar surface area (TPSA) is 106 Å². The number of thiazole rings is 1. The van der Waals surface area contributed by atoms with Crippen molar-refractivity contribution in [3.8, 4) is 10.4 Å². The number of ether oxygens (including phenoxy) is 2. The highest BCUT2D eigenvalue weighted by Crippen LogP contribution is 2.35. The molecule has 2 N–H and O–H groups in total. The Hall–Kier alpha value is -3.09. The number of benzene rings is 1. The molecule has 12 heteroatoms. The van der Waals surface area contributed by atoms with Gasteiger partial charge in [-0.2, -0.15) is 13.2 Å². The van der Waals surface area contributed by atoms with Gasteiger partial charge in [-0.25, -0.2) is 19.7 Å². The third-order valence-corrected chi connectivity index (χ3v) is 6.22. The standard InChI is InChI=1S/C23H25F3N4O4S/c1-13-8-14(10-15(9-13)29-20-27-7-6-17(30-20)23(24,25)26)16-11-28-18(35-16)22(4,32)12-34-21(2,3)19(31)33-5/h6-11,32H,12H2,1-5H3,(H,27,29,30). The number of halogens is 3. The molecule has 1 unspecified atom stereocenters. The van der Waals surface area contributed by atoms with Crippen LogP contribution in [0, 0.1) is 6.92 Å². The number of aromatic nitrogens is 3. The number of aryl methyl sites for hydroxylation is 1. The zero-order valence-electron chi connectivity index (χ0n) is 19.7. The van der Waals surface area contributed by atoms with Crippen molar-refractivity contribution in [1.82, 2.24) is 15.0 Å². The maximum Gasteiger partial charge on any atom is 0.433 e. The van der Waals surface area contributed by atoms with E-state index in [1.54, 1.807) is 18.3 Å². The number of nitrogens with one attached hydrogen (secondary N) is 1. The molecule has 0 radical (unpaired) electrons. The third kappa shape index (κ3) is 6.53. The SMILES string of the molecule is COC(=O)C(C)(C)OCC(C)(O)c1ncc(-c2cc(C)cc(Nc3nccc(C(F)(F)F)n3)c2)s1. The molecule has 0 saturated carbocycles. The van der Waals surface area contributed by atoms with Gasteiger partial charge in [0.05, 0.1) is 18.6 Å². The van der Waals surface area contributed by atoms with Crippen molar-refractivity contribution in [1.29, 1.82) is 0 Å². The molecule has 2 heterocycles. The van der Waals surface area contributed by atoms with Crippen molar-refractivity contribution in [2.24, 2.45) is 0 Å². The predicted octanol–water partition coefficient (Wildman–Crippen LogP) is 4.85. The summed E-state index contributed by atoms with van der Waals surface area (Å²) in [6.45, 7) is 6.24. The number of rotatable bonds is 8. The van der Waals surface area contributed by atoms with Gasteiger partial charge in [-0.1, -0.05) is 6.07 Å². The van der Waals surface area contributed by atoms with E-state index < -0.39 is 29.0 Å². The lowest BCUT2D eigenvalue weighted by molar-refractivity contribution is -0.173. The summed E-state index contributed by atoms with van der Waals surface area (Å²) < 4.78 is 49.2. The number of carbonyl (C=O) groups is 1. The Balaban J connectivity index is 1.81. The van der Waals surface area contributed by atoms with Crippen LogP contribution in [0.1, 0.15) is 37.0 Å². The van der Waals surface area contributed by atoms with Gasteiger partial charge in [0.15, 0.2) is 5.60 Å². The van der Waals surface area contributed by atoms with Gasteiger partial charge in [0, 0.05) is 18.1 Å². The number of methoxy groups -OCH3 is 1. The second kappa shape index (κ2) is 9.88. The van der Waals surface area contributed by atoms with E-state index in [0.717, 1.165) is 23.4 Å². The molecule has 0 saturated heterocycles. The molecule has 1 atom stereocenters. The van der Waals surface area contributed by atoms with Gasteiger partial charge in [0.25, 0.3) is 0 Å². The summed E-state index contributed by atoms with van der Waals surface area (Å²) in [6.07, 6.45) is -1.96. The molecule has 0 amide bonds. The minimum absolute atomic E-state index is 0.185. The number of alkyl halides is 3. The van der Waals surface area contributed by atoms with Gasteiger partial charge in [-0.3, -0.25) is 0 Å². The molecule has 35 heavy (non-hydrogen) atoms. The molecule has 0 aliphatic rings. The molecule has 0 aliphatic carbocycles. The average molecular weight is 511 g/mol. The largest absolute Gasteiger partial charge is 0.467 e. The Morgan fingerprint density at radius 1 is 1.17 bits per heavy atom. The Morgan fingerprint density at radius 3 is 2.54 bits per heavy atom. The summed E-state index contributed by atoms with van der Waals surface area (Å²) >= 11 is 1.22. The first-order valence-corrected chi connectivity index (χ1v) is 11.2. The van der Waals surface area contributed by atoms with Crippen molar-refractivity contribution in [3.63, 3.8) is 0 Å². The smallest absolute Gasteiger partial charge is 0.433 e. The van der Waals surface area contributed by atoms with Gasteiger partial charge in [-0.15, -0.1) is 11.3 Å². The number of hydrogen-bond acceptors (Lipinski definition) is 9. The molecular weight excluding hydrogens is 485 g/mol. The predicted molar refractivity (Wildman–Crippen MR) is 124 cm³/mol. The van der Waals surface area contributed by atoms with Crippen LogP contribution in [-0.2, 0) is 26.0 Å². The van der Waals surface area contributed by atoms with Gasteiger partial charge in [0.2, 0.25) is 5.95 Å². The maximum atomic E-state index is 13.0. The Morgan fingerprint density at radius 2 is 1.89 bits per heavy atom. The van der Waals surface area contributed by atoms with Crippen molar-refractivity contribution in [3.05, 3.63) is 52.9 Å². The lowest BCUT2D eigenvalue weighted by Crippen LogP contribution is -2.40. The highest BCUT2D eigenvalue weighted by molar-refractivity contribution is 7.15. The summed E-state index contributed by atoms with van der Waals surface area (Å²) in [5.41, 5.74) is -1.72. The van der Waals surface area contributed by atoms with Crippen LogP contribution in [0.4, 0.5) is 24.8 Å². The third-order valence-electron chi connectivity index (χ3n) is 4.92. The number of esters is 1. The lowest BCUT2D eigenvalue weighted by Gasteiger charge is -2.27. The van der Waals surface area contributed by atoms with Crippen LogP contribution in [0.3, 0.4) is 0 Å². The molecule has 3 rings (SSSR count). The fourth-order valence-corrected chi connectivity index (χ4v) is 3.98. The maximum absolute atomic E-state index is 13.0. The normalized spacial score (nSPS) is 13.9. The molecule has 0 fully saturated rings. The van der Waals surface area contributed by atoms with Crippen LogP contribution in [0.2, 0.25) is 0 Å². The van der Waals surface area contributed by atoms with Gasteiger partial charge in [0.1, 0.15) is 16.3 Å². The van der Waals surface area contributed by atoms with Crippen LogP contribution in [-0.4, -0.2) is 45.3 Å². The first-order valence-electron chi connectivity index (χ1n) is 10.4. The van der Waals surface area contributed by atoms with E-state index in [0.29, 0.717) is 15.6 Å². The second-order valence-electron chi connectivity index (χ2n) is 8.57. The van der Waals surface area contributed by atoms with E-state index in [1.807, 2.05) is 13.0 Å². The molecule has 0 bridgehead atoms. The van der Waals surface area contributed by atoms with E-state index in [1.165, 1.54) is 39.2 Å². The highest BCUT2D eigenvalue weighted by Gasteiger charge is 2.36. The molecule has 1 aromatic carbocycles. The minimum Gasteiger partial charge on any atom is -0.467 e. The molecule has 8 nitrogen and oxygen atoms in total. The first-order chi connectivity index (χ1) is 16.2. The fraction of sp³-hybridized carbons (Fsp3) is 0.391. The van der Waals surface area contributed by atoms with Crippen LogP contribution in [0.25, 0.3) is 10.4 Å². The molecule has 188 valence electrons. The van der Waals surface area contributed by atoms with E-state index in [9.17, 15) is 23.1 Å². The number of anilines is 2. The van der Waals surface area contributed by atoms with Crippen molar-refractivity contribution in [2.45, 2.75) is 45.1 Å². The van der Waals surface area contributed by atoms with E-state index in [-0.39, 0.29) is 12.6 Å². The molecule has 2 aromatic heterocycles. The Bertz CT molecular complexity index is 1210. The van der Waals surface area contributed by atoms with E-state index in [4.69, 9.17) is 9.47 Å². The Kier molecular flexibility index (Phi) is 7.48. The van der Waals surface area contributed by atoms with Crippen LogP contribution in [0.5, 0.6) is 0 Å². The Labute approximate surface area is 204 Å². The summed E-state index contributed by atoms with van der Waals surface area (Å²) in [7, 11) is 1.25. The molecule has 3 aromatic rings. The number of aliphatic hydroxyl groups is 1. The highest BCUT2D eigenvalue weighted by atomic mass is 32.1. The summed E-state index contributed by atoms with van der Waals surface area (Å²) in [5.74, 6) is -0.757. The average Bonchev–Trinajstić information content (AvgIpc) is 3.28. The minimum atomic E-state index is -4.58. The van der Waals surface area contributed by atoms with Gasteiger partial charge in [-0.05, 0) is 57.0 Å². The van der Waals surface area contributed by atoms with E-state index >= 15 is 0 Å². The summed E-state index contributed by atoms with van der Waals surface area (Å²) in [6, 6.07) is 6.14. The monoisotopic (exact) mass is 510 g/mol. The molecule has 0 spiro atoms. The fourth-order valence-electron chi connectivity index (χ4n) is 3.05. The van der Waals surface area contributed by atoms with Crippen LogP contribution in [0.15, 0.2) is 36.7 Å². The number of nitrogens with zero attached hydrogens (tertiary/aromatic N) is 3. The van der Waals surface area contributed by atoms with Crippen molar-refractivity contribution in [2.75, 3.05) is 19.0 Å². The first kappa shape index (κ1) is 26.5. The zero-order valence-corrected chi connectivity index (χ0v) is 20.5.